The van der Waals surface area contributed by atoms with Gasteiger partial charge in [-0.2, -0.15) is 0 Å². The van der Waals surface area contributed by atoms with E-state index in [1.807, 2.05) is 0 Å². The number of hydrogen-bond acceptors (Lipinski definition) is 1. The largest absolute Gasteiger partial charge is 0.415 e. The van der Waals surface area contributed by atoms with E-state index < -0.39 is 8.32 Å². The highest BCUT2D eigenvalue weighted by Crippen LogP contribution is 2.20. The summed E-state index contributed by atoms with van der Waals surface area (Å²) in [5.41, 5.74) is 0. The molecule has 0 aliphatic heterocycles. The standard InChI is InChI=1S/C12H28OSi/c1-10(2)8-12(9-11(3)4)13-14(5,6)7/h10-12H,8-9H2,1-7H3. The first kappa shape index (κ1) is 14.2. The first-order valence-corrected chi connectivity index (χ1v) is 9.29. The summed E-state index contributed by atoms with van der Waals surface area (Å²) in [5.74, 6) is 1.49. The quantitative estimate of drug-likeness (QED) is 0.602. The van der Waals surface area contributed by atoms with Gasteiger partial charge in [-0.05, 0) is 44.3 Å². The van der Waals surface area contributed by atoms with E-state index in [4.69, 9.17) is 4.43 Å². The second kappa shape index (κ2) is 5.91. The summed E-state index contributed by atoms with van der Waals surface area (Å²) in [6.45, 7) is 15.9. The van der Waals surface area contributed by atoms with E-state index >= 15 is 0 Å². The predicted octanol–water partition coefficient (Wildman–Crippen LogP) is 4.30. The average Bonchev–Trinajstić information content (AvgIpc) is 1.77. The van der Waals surface area contributed by atoms with Crippen LogP contribution in [0.1, 0.15) is 40.5 Å². The molecule has 86 valence electrons. The Kier molecular flexibility index (Phi) is 5.99. The van der Waals surface area contributed by atoms with E-state index in [1.165, 1.54) is 12.8 Å². The fraction of sp³-hybridized carbons (Fsp3) is 1.00. The molecule has 0 atom stereocenters. The smallest absolute Gasteiger partial charge is 0.184 e. The van der Waals surface area contributed by atoms with Gasteiger partial charge in [0.1, 0.15) is 0 Å². The normalized spacial score (nSPS) is 13.3. The van der Waals surface area contributed by atoms with Crippen LogP contribution in [0.2, 0.25) is 19.6 Å². The fourth-order valence-electron chi connectivity index (χ4n) is 1.74. The third-order valence-corrected chi connectivity index (χ3v) is 3.03. The molecule has 14 heavy (non-hydrogen) atoms. The van der Waals surface area contributed by atoms with Gasteiger partial charge in [0.25, 0.3) is 0 Å². The van der Waals surface area contributed by atoms with Gasteiger partial charge in [0, 0.05) is 6.10 Å². The van der Waals surface area contributed by atoms with Crippen molar-refractivity contribution in [2.75, 3.05) is 0 Å². The fourth-order valence-corrected chi connectivity index (χ4v) is 2.94. The van der Waals surface area contributed by atoms with Crippen LogP contribution in [0.15, 0.2) is 0 Å². The second-order valence-corrected chi connectivity index (χ2v) is 10.6. The highest BCUT2D eigenvalue weighted by molar-refractivity contribution is 6.69. The summed E-state index contributed by atoms with van der Waals surface area (Å²) in [6.07, 6.45) is 2.91. The maximum Gasteiger partial charge on any atom is 0.184 e. The Morgan fingerprint density at radius 3 is 1.43 bits per heavy atom. The topological polar surface area (TPSA) is 9.23 Å². The first-order chi connectivity index (χ1) is 6.20. The molecule has 0 aromatic heterocycles. The van der Waals surface area contributed by atoms with Crippen LogP contribution in [0.5, 0.6) is 0 Å². The monoisotopic (exact) mass is 216 g/mol. The average molecular weight is 216 g/mol. The van der Waals surface area contributed by atoms with Crippen LogP contribution in [0.4, 0.5) is 0 Å². The van der Waals surface area contributed by atoms with Gasteiger partial charge in [-0.3, -0.25) is 0 Å². The molecule has 0 aromatic rings. The summed E-state index contributed by atoms with van der Waals surface area (Å²) in [4.78, 5) is 0. The third-order valence-electron chi connectivity index (χ3n) is 1.99. The van der Waals surface area contributed by atoms with Crippen molar-refractivity contribution in [1.29, 1.82) is 0 Å². The van der Waals surface area contributed by atoms with E-state index in [-0.39, 0.29) is 0 Å². The molecular formula is C12H28OSi. The van der Waals surface area contributed by atoms with E-state index in [2.05, 4.69) is 47.3 Å². The lowest BCUT2D eigenvalue weighted by Crippen LogP contribution is -2.33. The Labute approximate surface area is 91.4 Å². The summed E-state index contributed by atoms with van der Waals surface area (Å²) < 4.78 is 6.20. The maximum atomic E-state index is 6.20. The van der Waals surface area contributed by atoms with Crippen LogP contribution in [0.3, 0.4) is 0 Å². The van der Waals surface area contributed by atoms with E-state index in [0.29, 0.717) is 6.10 Å². The Morgan fingerprint density at radius 2 is 1.21 bits per heavy atom. The van der Waals surface area contributed by atoms with Crippen molar-refractivity contribution < 1.29 is 4.43 Å². The molecule has 0 saturated heterocycles. The zero-order chi connectivity index (χ0) is 11.4. The van der Waals surface area contributed by atoms with Crippen LogP contribution in [0, 0.1) is 11.8 Å². The van der Waals surface area contributed by atoms with Gasteiger partial charge >= 0.3 is 0 Å². The molecule has 0 radical (unpaired) electrons. The molecule has 0 N–H and O–H groups in total. The van der Waals surface area contributed by atoms with Gasteiger partial charge in [-0.1, -0.05) is 27.7 Å². The Balaban J connectivity index is 4.11. The molecule has 2 heteroatoms. The van der Waals surface area contributed by atoms with Crippen molar-refractivity contribution in [2.24, 2.45) is 11.8 Å². The summed E-state index contributed by atoms with van der Waals surface area (Å²) in [7, 11) is -1.35. The van der Waals surface area contributed by atoms with Crippen molar-refractivity contribution >= 4 is 8.32 Å². The van der Waals surface area contributed by atoms with Crippen molar-refractivity contribution in [3.8, 4) is 0 Å². The summed E-state index contributed by atoms with van der Waals surface area (Å²) in [6, 6.07) is 0. The van der Waals surface area contributed by atoms with Gasteiger partial charge in [-0.25, -0.2) is 0 Å². The Bertz CT molecular complexity index is 137. The molecule has 0 unspecified atom stereocenters. The van der Waals surface area contributed by atoms with E-state index in [9.17, 15) is 0 Å². The number of rotatable bonds is 6. The zero-order valence-electron chi connectivity index (χ0n) is 11.1. The molecule has 0 bridgehead atoms. The molecule has 0 heterocycles. The van der Waals surface area contributed by atoms with Crippen LogP contribution in [-0.4, -0.2) is 14.4 Å². The van der Waals surface area contributed by atoms with Crippen molar-refractivity contribution in [2.45, 2.75) is 66.3 Å². The van der Waals surface area contributed by atoms with Crippen LogP contribution in [0.25, 0.3) is 0 Å². The highest BCUT2D eigenvalue weighted by Gasteiger charge is 2.22. The van der Waals surface area contributed by atoms with Gasteiger partial charge < -0.3 is 4.43 Å². The van der Waals surface area contributed by atoms with Gasteiger partial charge in [0.2, 0.25) is 0 Å². The summed E-state index contributed by atoms with van der Waals surface area (Å²) in [5, 5.41) is 0. The molecule has 1 nitrogen and oxygen atoms in total. The molecule has 0 aliphatic carbocycles. The van der Waals surface area contributed by atoms with Crippen LogP contribution < -0.4 is 0 Å². The van der Waals surface area contributed by atoms with Crippen molar-refractivity contribution in [3.05, 3.63) is 0 Å². The molecule has 0 spiro atoms. The number of hydrogen-bond donors (Lipinski definition) is 0. The lowest BCUT2D eigenvalue weighted by atomic mass is 9.98. The predicted molar refractivity (Wildman–Crippen MR) is 67.1 cm³/mol. The molecule has 0 aliphatic rings. The molecule has 0 fully saturated rings. The van der Waals surface area contributed by atoms with E-state index in [1.54, 1.807) is 0 Å². The minimum Gasteiger partial charge on any atom is -0.415 e. The molecule has 0 saturated carbocycles. The first-order valence-electron chi connectivity index (χ1n) is 5.88. The van der Waals surface area contributed by atoms with Gasteiger partial charge in [0.15, 0.2) is 8.32 Å². The maximum absolute atomic E-state index is 6.20. The van der Waals surface area contributed by atoms with Crippen molar-refractivity contribution in [1.82, 2.24) is 0 Å². The van der Waals surface area contributed by atoms with Crippen molar-refractivity contribution in [3.63, 3.8) is 0 Å². The molecule has 0 rings (SSSR count). The Hall–Kier alpha value is 0.177. The zero-order valence-corrected chi connectivity index (χ0v) is 12.1. The van der Waals surface area contributed by atoms with E-state index in [0.717, 1.165) is 11.8 Å². The minimum atomic E-state index is -1.35. The Morgan fingerprint density at radius 1 is 0.857 bits per heavy atom. The SMILES string of the molecule is CC(C)CC(CC(C)C)O[Si](C)(C)C. The minimum absolute atomic E-state index is 0.488. The molecule has 0 aromatic carbocycles. The highest BCUT2D eigenvalue weighted by atomic mass is 28.4. The van der Waals surface area contributed by atoms with Gasteiger partial charge in [-0.15, -0.1) is 0 Å². The molecular weight excluding hydrogens is 188 g/mol. The van der Waals surface area contributed by atoms with Crippen LogP contribution in [-0.2, 0) is 4.43 Å². The lowest BCUT2D eigenvalue weighted by molar-refractivity contribution is 0.143. The molecule has 0 amide bonds. The van der Waals surface area contributed by atoms with Crippen LogP contribution >= 0.6 is 0 Å². The van der Waals surface area contributed by atoms with Gasteiger partial charge in [0.05, 0.1) is 0 Å². The third kappa shape index (κ3) is 8.76. The lowest BCUT2D eigenvalue weighted by Gasteiger charge is -2.28. The summed E-state index contributed by atoms with van der Waals surface area (Å²) >= 11 is 0. The second-order valence-electron chi connectivity index (χ2n) is 6.11.